The van der Waals surface area contributed by atoms with Crippen molar-refractivity contribution < 1.29 is 29.2 Å². The van der Waals surface area contributed by atoms with E-state index in [1.165, 1.54) is 0 Å². The Labute approximate surface area is 129 Å². The van der Waals surface area contributed by atoms with Crippen LogP contribution in [-0.4, -0.2) is 53.3 Å². The van der Waals surface area contributed by atoms with Crippen molar-refractivity contribution in [3.05, 3.63) is 35.9 Å². The maximum atomic E-state index is 9.94. The van der Waals surface area contributed by atoms with Crippen LogP contribution in [-0.2, 0) is 25.6 Å². The van der Waals surface area contributed by atoms with Gasteiger partial charge in [-0.25, -0.2) is 0 Å². The molecule has 0 bridgehead atoms. The number of hydrogen-bond acceptors (Lipinski definition) is 6. The molecule has 1 unspecified atom stereocenters. The summed E-state index contributed by atoms with van der Waals surface area (Å²) in [6.45, 7) is 3.58. The van der Waals surface area contributed by atoms with Crippen LogP contribution >= 0.6 is 0 Å². The predicted molar refractivity (Wildman–Crippen MR) is 76.8 cm³/mol. The highest BCUT2D eigenvalue weighted by Crippen LogP contribution is 2.39. The molecule has 2 heterocycles. The van der Waals surface area contributed by atoms with E-state index in [9.17, 15) is 10.2 Å². The largest absolute Gasteiger partial charge is 0.394 e. The van der Waals surface area contributed by atoms with Gasteiger partial charge in [0.2, 0.25) is 0 Å². The van der Waals surface area contributed by atoms with Gasteiger partial charge in [-0.3, -0.25) is 0 Å². The molecule has 1 aromatic carbocycles. The fourth-order valence-corrected chi connectivity index (χ4v) is 2.87. The molecule has 122 valence electrons. The highest BCUT2D eigenvalue weighted by molar-refractivity contribution is 5.13. The van der Waals surface area contributed by atoms with Gasteiger partial charge in [0.25, 0.3) is 0 Å². The lowest BCUT2D eigenvalue weighted by molar-refractivity contribution is -0.232. The standard InChI is InChI=1S/C16H22O6/c1-16(2)21-14-13(19-9-10-6-4-3-5-7-10)12(11(18)8-17)20-15(14)22-16/h3-7,11-15,17-18H,8-9H2,1-2H3/t11-,12-,13?,14+,15-/m1/s1. The third-order valence-electron chi connectivity index (χ3n) is 3.88. The van der Waals surface area contributed by atoms with Gasteiger partial charge in [0, 0.05) is 0 Å². The first-order chi connectivity index (χ1) is 10.5. The van der Waals surface area contributed by atoms with Crippen LogP contribution in [0.1, 0.15) is 19.4 Å². The molecule has 0 radical (unpaired) electrons. The first-order valence-corrected chi connectivity index (χ1v) is 7.46. The summed E-state index contributed by atoms with van der Waals surface area (Å²) in [6, 6.07) is 9.73. The van der Waals surface area contributed by atoms with Gasteiger partial charge >= 0.3 is 0 Å². The van der Waals surface area contributed by atoms with Crippen molar-refractivity contribution in [2.75, 3.05) is 6.61 Å². The summed E-state index contributed by atoms with van der Waals surface area (Å²) in [5.41, 5.74) is 1.02. The van der Waals surface area contributed by atoms with Gasteiger partial charge in [0.1, 0.15) is 24.4 Å². The van der Waals surface area contributed by atoms with Crippen LogP contribution < -0.4 is 0 Å². The molecule has 2 N–H and O–H groups in total. The molecule has 0 spiro atoms. The van der Waals surface area contributed by atoms with Crippen molar-refractivity contribution in [3.63, 3.8) is 0 Å². The van der Waals surface area contributed by atoms with Crippen molar-refractivity contribution in [1.29, 1.82) is 0 Å². The number of hydrogen-bond donors (Lipinski definition) is 2. The zero-order valence-electron chi connectivity index (χ0n) is 12.7. The van der Waals surface area contributed by atoms with Crippen LogP contribution in [0.25, 0.3) is 0 Å². The zero-order valence-corrected chi connectivity index (χ0v) is 12.7. The van der Waals surface area contributed by atoms with Gasteiger partial charge in [-0.2, -0.15) is 0 Å². The molecule has 6 nitrogen and oxygen atoms in total. The van der Waals surface area contributed by atoms with Crippen molar-refractivity contribution in [2.24, 2.45) is 0 Å². The summed E-state index contributed by atoms with van der Waals surface area (Å²) in [5.74, 6) is -0.751. The van der Waals surface area contributed by atoms with E-state index < -0.39 is 43.1 Å². The lowest BCUT2D eigenvalue weighted by Gasteiger charge is -2.28. The Morgan fingerprint density at radius 3 is 2.64 bits per heavy atom. The van der Waals surface area contributed by atoms with E-state index in [2.05, 4.69) is 0 Å². The normalized spacial score (nSPS) is 34.5. The minimum absolute atomic E-state index is 0.372. The second kappa shape index (κ2) is 6.23. The Hall–Kier alpha value is -1.02. The van der Waals surface area contributed by atoms with Crippen molar-refractivity contribution in [3.8, 4) is 0 Å². The summed E-state index contributed by atoms with van der Waals surface area (Å²) in [6.07, 6.45) is -3.25. The number of ether oxygens (including phenoxy) is 4. The van der Waals surface area contributed by atoms with Crippen molar-refractivity contribution in [1.82, 2.24) is 0 Å². The molecule has 5 atom stereocenters. The Bertz CT molecular complexity index is 491. The number of aliphatic hydroxyl groups excluding tert-OH is 2. The SMILES string of the molecule is CC1(C)O[C@H]2O[C@H]([C@H](O)CO)C(OCc3ccccc3)[C@@H]2O1. The number of rotatable bonds is 5. The second-order valence-corrected chi connectivity index (χ2v) is 6.08. The van der Waals surface area contributed by atoms with E-state index in [0.717, 1.165) is 5.56 Å². The summed E-state index contributed by atoms with van der Waals surface area (Å²) < 4.78 is 23.1. The number of benzene rings is 1. The lowest BCUT2D eigenvalue weighted by atomic mass is 10.1. The minimum atomic E-state index is -1.04. The molecule has 2 fully saturated rings. The first kappa shape index (κ1) is 15.9. The summed E-state index contributed by atoms with van der Waals surface area (Å²) >= 11 is 0. The molecular weight excluding hydrogens is 288 g/mol. The predicted octanol–water partition coefficient (Wildman–Crippen LogP) is 0.801. The maximum absolute atomic E-state index is 9.94. The maximum Gasteiger partial charge on any atom is 0.190 e. The highest BCUT2D eigenvalue weighted by Gasteiger charge is 2.56. The summed E-state index contributed by atoms with van der Waals surface area (Å²) in [7, 11) is 0. The van der Waals surface area contributed by atoms with Crippen LogP contribution in [0.3, 0.4) is 0 Å². The Morgan fingerprint density at radius 2 is 1.95 bits per heavy atom. The Morgan fingerprint density at radius 1 is 1.23 bits per heavy atom. The van der Waals surface area contributed by atoms with E-state index in [4.69, 9.17) is 18.9 Å². The van der Waals surface area contributed by atoms with Crippen LogP contribution in [0.5, 0.6) is 0 Å². The quantitative estimate of drug-likeness (QED) is 0.838. The van der Waals surface area contributed by atoms with E-state index in [1.807, 2.05) is 30.3 Å². The summed E-state index contributed by atoms with van der Waals surface area (Å²) in [5, 5.41) is 19.1. The van der Waals surface area contributed by atoms with Gasteiger partial charge in [-0.05, 0) is 19.4 Å². The molecule has 0 aromatic heterocycles. The van der Waals surface area contributed by atoms with E-state index in [-0.39, 0.29) is 0 Å². The third kappa shape index (κ3) is 3.17. The Balaban J connectivity index is 1.71. The molecule has 2 aliphatic rings. The fraction of sp³-hybridized carbons (Fsp3) is 0.625. The topological polar surface area (TPSA) is 77.4 Å². The molecule has 0 aliphatic carbocycles. The van der Waals surface area contributed by atoms with Crippen molar-refractivity contribution in [2.45, 2.75) is 56.9 Å². The molecule has 2 saturated heterocycles. The highest BCUT2D eigenvalue weighted by atomic mass is 16.8. The minimum Gasteiger partial charge on any atom is -0.394 e. The van der Waals surface area contributed by atoms with Crippen molar-refractivity contribution >= 4 is 0 Å². The van der Waals surface area contributed by atoms with E-state index >= 15 is 0 Å². The number of aliphatic hydroxyl groups is 2. The molecule has 6 heteroatoms. The fourth-order valence-electron chi connectivity index (χ4n) is 2.87. The van der Waals surface area contributed by atoms with Gasteiger partial charge in [-0.1, -0.05) is 30.3 Å². The smallest absolute Gasteiger partial charge is 0.190 e. The average molecular weight is 310 g/mol. The average Bonchev–Trinajstić information content (AvgIpc) is 2.97. The van der Waals surface area contributed by atoms with Gasteiger partial charge in [0.15, 0.2) is 12.1 Å². The lowest BCUT2D eigenvalue weighted by Crippen LogP contribution is -2.44. The van der Waals surface area contributed by atoms with Gasteiger partial charge < -0.3 is 29.2 Å². The molecule has 3 rings (SSSR count). The molecule has 0 saturated carbocycles. The Kier molecular flexibility index (Phi) is 4.49. The molecule has 22 heavy (non-hydrogen) atoms. The molecule has 0 amide bonds. The monoisotopic (exact) mass is 310 g/mol. The van der Waals surface area contributed by atoms with E-state index in [1.54, 1.807) is 13.8 Å². The second-order valence-electron chi connectivity index (χ2n) is 6.08. The third-order valence-corrected chi connectivity index (χ3v) is 3.88. The van der Waals surface area contributed by atoms with Crippen LogP contribution in [0.4, 0.5) is 0 Å². The molecule has 1 aromatic rings. The first-order valence-electron chi connectivity index (χ1n) is 7.46. The van der Waals surface area contributed by atoms with Crippen LogP contribution in [0.2, 0.25) is 0 Å². The summed E-state index contributed by atoms with van der Waals surface area (Å²) in [4.78, 5) is 0. The van der Waals surface area contributed by atoms with Crippen LogP contribution in [0, 0.1) is 0 Å². The van der Waals surface area contributed by atoms with Gasteiger partial charge in [-0.15, -0.1) is 0 Å². The van der Waals surface area contributed by atoms with Gasteiger partial charge in [0.05, 0.1) is 13.2 Å². The van der Waals surface area contributed by atoms with Crippen LogP contribution in [0.15, 0.2) is 30.3 Å². The zero-order chi connectivity index (χ0) is 15.7. The molecule has 2 aliphatic heterocycles. The molecular formula is C16H22O6. The number of fused-ring (bicyclic) bond motifs is 1. The van der Waals surface area contributed by atoms with E-state index in [0.29, 0.717) is 6.61 Å².